The third-order valence-corrected chi connectivity index (χ3v) is 4.83. The zero-order valence-corrected chi connectivity index (χ0v) is 15.0. The van der Waals surface area contributed by atoms with Gasteiger partial charge in [0.15, 0.2) is 0 Å². The van der Waals surface area contributed by atoms with Crippen molar-refractivity contribution < 1.29 is 14.7 Å². The number of hydrogen-bond donors (Lipinski definition) is 1. The van der Waals surface area contributed by atoms with Gasteiger partial charge in [0, 0.05) is 6.20 Å². The number of rotatable bonds is 4. The first kappa shape index (κ1) is 17.1. The molecular weight excluding hydrogens is 388 g/mol. The van der Waals surface area contributed by atoms with Crippen molar-refractivity contribution in [3.8, 4) is 0 Å². The second-order valence-corrected chi connectivity index (χ2v) is 7.48. The average Bonchev–Trinajstić information content (AvgIpc) is 2.69. The zero-order valence-electron chi connectivity index (χ0n) is 11.8. The monoisotopic (exact) mass is 400 g/mol. The minimum Gasteiger partial charge on any atom is -0.480 e. The molecule has 1 unspecified atom stereocenters. The van der Waals surface area contributed by atoms with E-state index in [1.165, 1.54) is 4.90 Å². The van der Waals surface area contributed by atoms with Crippen LogP contribution in [0.5, 0.6) is 0 Å². The zero-order chi connectivity index (χ0) is 16.4. The average molecular weight is 401 g/mol. The second-order valence-electron chi connectivity index (χ2n) is 4.99. The quantitative estimate of drug-likeness (QED) is 0.475. The molecule has 1 aromatic rings. The summed E-state index contributed by atoms with van der Waals surface area (Å²) in [5.41, 5.74) is 0.750. The molecule has 0 bridgehead atoms. The molecule has 1 saturated heterocycles. The summed E-state index contributed by atoms with van der Waals surface area (Å²) in [5.74, 6) is -1.68. The molecule has 2 heterocycles. The lowest BCUT2D eigenvalue weighted by molar-refractivity contribution is -0.146. The van der Waals surface area contributed by atoms with E-state index in [2.05, 4.69) is 20.9 Å². The van der Waals surface area contributed by atoms with Gasteiger partial charge in [0.2, 0.25) is 0 Å². The fourth-order valence-corrected chi connectivity index (χ4v) is 3.60. The van der Waals surface area contributed by atoms with Crippen LogP contribution in [0.4, 0.5) is 0 Å². The van der Waals surface area contributed by atoms with E-state index in [4.69, 9.17) is 12.2 Å². The van der Waals surface area contributed by atoms with Crippen molar-refractivity contribution in [1.82, 2.24) is 9.88 Å². The SMILES string of the molecule is CC(C)C(C(=O)O)N1C(=O)/C(=C/c2ccc(Br)nc2)SC1=S. The van der Waals surface area contributed by atoms with E-state index in [9.17, 15) is 14.7 Å². The van der Waals surface area contributed by atoms with Crippen LogP contribution in [-0.4, -0.2) is 37.2 Å². The number of hydrogen-bond acceptors (Lipinski definition) is 5. The molecule has 0 spiro atoms. The summed E-state index contributed by atoms with van der Waals surface area (Å²) in [6.07, 6.45) is 3.28. The molecule has 0 saturated carbocycles. The molecule has 1 fully saturated rings. The number of nitrogens with zero attached hydrogens (tertiary/aromatic N) is 2. The third-order valence-electron chi connectivity index (χ3n) is 3.03. The Bertz CT molecular complexity index is 659. The number of carbonyl (C=O) groups is 2. The third kappa shape index (κ3) is 3.56. The Hall–Kier alpha value is -1.25. The predicted molar refractivity (Wildman–Crippen MR) is 93.2 cm³/mol. The van der Waals surface area contributed by atoms with Crippen molar-refractivity contribution in [2.75, 3.05) is 0 Å². The lowest BCUT2D eigenvalue weighted by Gasteiger charge is -2.26. The smallest absolute Gasteiger partial charge is 0.327 e. The number of thioether (sulfide) groups is 1. The van der Waals surface area contributed by atoms with Gasteiger partial charge >= 0.3 is 5.97 Å². The van der Waals surface area contributed by atoms with E-state index in [0.717, 1.165) is 17.3 Å². The number of aromatic nitrogens is 1. The molecule has 1 aliphatic rings. The molecular formula is C14H13BrN2O3S2. The first-order chi connectivity index (χ1) is 10.3. The van der Waals surface area contributed by atoms with Crippen LogP contribution < -0.4 is 0 Å². The highest BCUT2D eigenvalue weighted by Crippen LogP contribution is 2.35. The van der Waals surface area contributed by atoms with E-state index in [1.54, 1.807) is 38.3 Å². The highest BCUT2D eigenvalue weighted by molar-refractivity contribution is 9.10. The maximum atomic E-state index is 12.5. The number of halogens is 1. The van der Waals surface area contributed by atoms with Gasteiger partial charge in [-0.1, -0.05) is 43.9 Å². The number of carboxylic acids is 1. The summed E-state index contributed by atoms with van der Waals surface area (Å²) in [7, 11) is 0. The maximum absolute atomic E-state index is 12.5. The minimum atomic E-state index is -1.06. The Balaban J connectivity index is 2.32. The fourth-order valence-electron chi connectivity index (χ4n) is 2.04. The van der Waals surface area contributed by atoms with Gasteiger partial charge < -0.3 is 5.11 Å². The second kappa shape index (κ2) is 6.89. The summed E-state index contributed by atoms with van der Waals surface area (Å²) in [6.45, 7) is 3.50. The van der Waals surface area contributed by atoms with Gasteiger partial charge in [0.05, 0.1) is 4.91 Å². The molecule has 1 amide bonds. The van der Waals surface area contributed by atoms with Gasteiger partial charge in [-0.3, -0.25) is 9.69 Å². The Kier molecular flexibility index (Phi) is 5.36. The van der Waals surface area contributed by atoms with Crippen LogP contribution in [0.3, 0.4) is 0 Å². The normalized spacial score (nSPS) is 18.4. The van der Waals surface area contributed by atoms with E-state index < -0.39 is 12.0 Å². The minimum absolute atomic E-state index is 0.242. The molecule has 22 heavy (non-hydrogen) atoms. The van der Waals surface area contributed by atoms with Gasteiger partial charge in [0.25, 0.3) is 5.91 Å². The number of pyridine rings is 1. The topological polar surface area (TPSA) is 70.5 Å². The maximum Gasteiger partial charge on any atom is 0.327 e. The summed E-state index contributed by atoms with van der Waals surface area (Å²) in [5, 5.41) is 9.35. The summed E-state index contributed by atoms with van der Waals surface area (Å²) in [6, 6.07) is 2.61. The molecule has 1 atom stereocenters. The molecule has 5 nitrogen and oxygen atoms in total. The van der Waals surface area contributed by atoms with Gasteiger partial charge in [-0.25, -0.2) is 9.78 Å². The number of amides is 1. The number of carboxylic acid groups (broad SMARTS) is 1. The Morgan fingerprint density at radius 3 is 2.68 bits per heavy atom. The van der Waals surface area contributed by atoms with Gasteiger partial charge in [-0.15, -0.1) is 0 Å². The van der Waals surface area contributed by atoms with Crippen molar-refractivity contribution in [3.05, 3.63) is 33.4 Å². The predicted octanol–water partition coefficient (Wildman–Crippen LogP) is 3.15. The van der Waals surface area contributed by atoms with Gasteiger partial charge in [-0.2, -0.15) is 0 Å². The van der Waals surface area contributed by atoms with Gasteiger partial charge in [0.1, 0.15) is 15.0 Å². The Labute approximate surface area is 145 Å². The van der Waals surface area contributed by atoms with Crippen LogP contribution in [0.25, 0.3) is 6.08 Å². The fraction of sp³-hybridized carbons (Fsp3) is 0.286. The first-order valence-electron chi connectivity index (χ1n) is 6.42. The van der Waals surface area contributed by atoms with Crippen molar-refractivity contribution in [2.45, 2.75) is 19.9 Å². The van der Waals surface area contributed by atoms with E-state index in [1.807, 2.05) is 0 Å². The highest BCUT2D eigenvalue weighted by atomic mass is 79.9. The summed E-state index contributed by atoms with van der Waals surface area (Å²) in [4.78, 5) is 29.6. The van der Waals surface area contributed by atoms with Crippen LogP contribution >= 0.6 is 39.9 Å². The molecule has 1 aliphatic heterocycles. The van der Waals surface area contributed by atoms with Crippen LogP contribution in [0.15, 0.2) is 27.8 Å². The number of carbonyl (C=O) groups excluding carboxylic acids is 1. The molecule has 2 rings (SSSR count). The van der Waals surface area contributed by atoms with Gasteiger partial charge in [-0.05, 0) is 39.6 Å². The van der Waals surface area contributed by atoms with Crippen LogP contribution in [0.2, 0.25) is 0 Å². The molecule has 116 valence electrons. The molecule has 8 heteroatoms. The molecule has 0 aliphatic carbocycles. The lowest BCUT2D eigenvalue weighted by atomic mass is 10.0. The van der Waals surface area contributed by atoms with Crippen molar-refractivity contribution in [3.63, 3.8) is 0 Å². The largest absolute Gasteiger partial charge is 0.480 e. The molecule has 1 N–H and O–H groups in total. The number of aliphatic carboxylic acids is 1. The Morgan fingerprint density at radius 1 is 1.50 bits per heavy atom. The van der Waals surface area contributed by atoms with Crippen LogP contribution in [0, 0.1) is 5.92 Å². The molecule has 0 radical (unpaired) electrons. The van der Waals surface area contributed by atoms with E-state index in [-0.39, 0.29) is 16.1 Å². The van der Waals surface area contributed by atoms with E-state index >= 15 is 0 Å². The standard InChI is InChI=1S/C14H13BrN2O3S2/c1-7(2)11(13(19)20)17-12(18)9(22-14(17)21)5-8-3-4-10(15)16-6-8/h3-7,11H,1-2H3,(H,19,20)/b9-5-. The van der Waals surface area contributed by atoms with Crippen LogP contribution in [-0.2, 0) is 9.59 Å². The summed E-state index contributed by atoms with van der Waals surface area (Å²) >= 11 is 9.54. The number of thiocarbonyl (C=S) groups is 1. The van der Waals surface area contributed by atoms with E-state index in [0.29, 0.717) is 9.51 Å². The lowest BCUT2D eigenvalue weighted by Crippen LogP contribution is -2.47. The van der Waals surface area contributed by atoms with Crippen molar-refractivity contribution in [2.24, 2.45) is 5.92 Å². The summed E-state index contributed by atoms with van der Waals surface area (Å²) < 4.78 is 0.963. The van der Waals surface area contributed by atoms with Crippen molar-refractivity contribution >= 4 is 62.2 Å². The highest BCUT2D eigenvalue weighted by Gasteiger charge is 2.41. The van der Waals surface area contributed by atoms with Crippen molar-refractivity contribution in [1.29, 1.82) is 0 Å². The molecule has 0 aromatic carbocycles. The Morgan fingerprint density at radius 2 is 2.18 bits per heavy atom. The molecule has 1 aromatic heterocycles. The first-order valence-corrected chi connectivity index (χ1v) is 8.44. The van der Waals surface area contributed by atoms with Crippen LogP contribution in [0.1, 0.15) is 19.4 Å².